The molecule has 1 N–H and O–H groups in total. The summed E-state index contributed by atoms with van der Waals surface area (Å²) in [5.41, 5.74) is 1.20. The fourth-order valence-corrected chi connectivity index (χ4v) is 3.86. The summed E-state index contributed by atoms with van der Waals surface area (Å²) in [5, 5.41) is 8.93. The Bertz CT molecular complexity index is 953. The van der Waals surface area contributed by atoms with Crippen molar-refractivity contribution in [1.82, 2.24) is 14.7 Å². The van der Waals surface area contributed by atoms with Gasteiger partial charge in [-0.1, -0.05) is 6.07 Å². The van der Waals surface area contributed by atoms with Gasteiger partial charge in [0.2, 0.25) is 5.96 Å². The van der Waals surface area contributed by atoms with E-state index in [1.165, 1.54) is 4.90 Å². The molecular formula is C23H31F3N4O5. The van der Waals surface area contributed by atoms with Crippen LogP contribution in [0.2, 0.25) is 0 Å². The molecule has 9 nitrogen and oxygen atoms in total. The van der Waals surface area contributed by atoms with Gasteiger partial charge >= 0.3 is 18.2 Å². The normalized spacial score (nSPS) is 17.2. The minimum absolute atomic E-state index is 0.0533. The molecule has 2 heterocycles. The molecule has 1 fully saturated rings. The number of hydrogen-bond acceptors (Lipinski definition) is 5. The van der Waals surface area contributed by atoms with E-state index >= 15 is 0 Å². The quantitative estimate of drug-likeness (QED) is 0.503. The van der Waals surface area contributed by atoms with Crippen LogP contribution in [0.15, 0.2) is 23.2 Å². The van der Waals surface area contributed by atoms with Crippen molar-refractivity contribution >= 4 is 18.0 Å². The number of alkyl halides is 3. The van der Waals surface area contributed by atoms with Crippen molar-refractivity contribution in [2.45, 2.75) is 45.5 Å². The average Bonchev–Trinajstić information content (AvgIpc) is 2.79. The molecule has 1 aromatic rings. The van der Waals surface area contributed by atoms with Crippen molar-refractivity contribution in [1.29, 1.82) is 0 Å². The number of amides is 2. The lowest BCUT2D eigenvalue weighted by Crippen LogP contribution is -2.56. The van der Waals surface area contributed by atoms with Crippen LogP contribution in [0.1, 0.15) is 31.9 Å². The minimum atomic E-state index is -5.09. The zero-order valence-electron chi connectivity index (χ0n) is 20.1. The maximum Gasteiger partial charge on any atom is 0.473 e. The monoisotopic (exact) mass is 500 g/mol. The van der Waals surface area contributed by atoms with Gasteiger partial charge in [0.15, 0.2) is 0 Å². The van der Waals surface area contributed by atoms with Crippen molar-refractivity contribution in [2.24, 2.45) is 4.99 Å². The van der Waals surface area contributed by atoms with E-state index in [0.29, 0.717) is 18.7 Å². The summed E-state index contributed by atoms with van der Waals surface area (Å²) < 4.78 is 50.0. The second kappa shape index (κ2) is 10.7. The number of carbonyl (C=O) groups is 2. The minimum Gasteiger partial charge on any atom is -0.491 e. The zero-order chi connectivity index (χ0) is 25.8. The predicted octanol–water partition coefficient (Wildman–Crippen LogP) is 2.41. The molecule has 0 atom stereocenters. The fourth-order valence-electron chi connectivity index (χ4n) is 3.86. The number of fused-ring (bicyclic) bond motifs is 1. The molecule has 0 bridgehead atoms. The third-order valence-corrected chi connectivity index (χ3v) is 5.49. The van der Waals surface area contributed by atoms with E-state index in [-0.39, 0.29) is 51.9 Å². The summed E-state index contributed by atoms with van der Waals surface area (Å²) in [6.07, 6.45) is -5.06. The van der Waals surface area contributed by atoms with Gasteiger partial charge in [-0.15, -0.1) is 0 Å². The number of aliphatic hydroxyl groups excluding tert-OH is 1. The zero-order valence-corrected chi connectivity index (χ0v) is 20.1. The van der Waals surface area contributed by atoms with Crippen LogP contribution in [0.5, 0.6) is 5.75 Å². The standard InChI is InChI=1S/C23H31F3N4O5/c1-22(2,3)35-21(33)29-10-8-28(9-11-29)20(27-19(32)23(24,25)26)30-7-6-16-14-18(34-13-12-31)5-4-17(16)15-30/h4-5,14,31H,6-13,15H2,1-3H3/b27-20-. The summed E-state index contributed by atoms with van der Waals surface area (Å²) >= 11 is 0. The van der Waals surface area contributed by atoms with E-state index in [1.54, 1.807) is 36.6 Å². The lowest BCUT2D eigenvalue weighted by atomic mass is 9.99. The van der Waals surface area contributed by atoms with Crippen LogP contribution in [-0.4, -0.2) is 95.5 Å². The van der Waals surface area contributed by atoms with Crippen LogP contribution in [0, 0.1) is 0 Å². The molecule has 0 unspecified atom stereocenters. The number of aliphatic hydroxyl groups is 1. The summed E-state index contributed by atoms with van der Waals surface area (Å²) in [7, 11) is 0. The van der Waals surface area contributed by atoms with E-state index in [1.807, 2.05) is 12.1 Å². The number of rotatable bonds is 3. The summed E-state index contributed by atoms with van der Waals surface area (Å²) in [6.45, 7) is 6.81. The number of benzene rings is 1. The van der Waals surface area contributed by atoms with Crippen LogP contribution in [0.4, 0.5) is 18.0 Å². The molecule has 35 heavy (non-hydrogen) atoms. The first-order valence-corrected chi connectivity index (χ1v) is 11.4. The van der Waals surface area contributed by atoms with Crippen molar-refractivity contribution < 1.29 is 37.3 Å². The van der Waals surface area contributed by atoms with Crippen molar-refractivity contribution in [3.63, 3.8) is 0 Å². The molecule has 1 aromatic carbocycles. The fraction of sp³-hybridized carbons (Fsp3) is 0.609. The van der Waals surface area contributed by atoms with Crippen molar-refractivity contribution in [2.75, 3.05) is 45.9 Å². The molecule has 2 amide bonds. The number of nitrogens with zero attached hydrogens (tertiary/aromatic N) is 4. The Labute approximate surface area is 202 Å². The smallest absolute Gasteiger partial charge is 0.473 e. The molecule has 1 saturated heterocycles. The first-order chi connectivity index (χ1) is 16.4. The van der Waals surface area contributed by atoms with E-state index in [4.69, 9.17) is 14.6 Å². The first kappa shape index (κ1) is 26.6. The molecule has 2 aliphatic rings. The number of carbonyl (C=O) groups excluding carboxylic acids is 2. The predicted molar refractivity (Wildman–Crippen MR) is 121 cm³/mol. The van der Waals surface area contributed by atoms with Crippen LogP contribution in [0.25, 0.3) is 0 Å². The van der Waals surface area contributed by atoms with Gasteiger partial charge in [-0.25, -0.2) is 4.79 Å². The molecule has 0 radical (unpaired) electrons. The van der Waals surface area contributed by atoms with Crippen molar-refractivity contribution in [3.8, 4) is 5.75 Å². The number of ether oxygens (including phenoxy) is 2. The Kier molecular flexibility index (Phi) is 8.14. The Hall–Kier alpha value is -3.02. The molecule has 0 aliphatic carbocycles. The average molecular weight is 501 g/mol. The van der Waals surface area contributed by atoms with Crippen LogP contribution in [0.3, 0.4) is 0 Å². The highest BCUT2D eigenvalue weighted by molar-refractivity contribution is 5.96. The summed E-state index contributed by atoms with van der Waals surface area (Å²) in [4.78, 5) is 32.4. The van der Waals surface area contributed by atoms with Gasteiger partial charge in [0.05, 0.1) is 6.61 Å². The lowest BCUT2D eigenvalue weighted by molar-refractivity contribution is -0.169. The van der Waals surface area contributed by atoms with E-state index in [0.717, 1.165) is 11.1 Å². The molecule has 3 rings (SSSR count). The van der Waals surface area contributed by atoms with Gasteiger partial charge in [-0.05, 0) is 50.5 Å². The number of hydrogen-bond donors (Lipinski definition) is 1. The van der Waals surface area contributed by atoms with Gasteiger partial charge < -0.3 is 29.3 Å². The van der Waals surface area contributed by atoms with Crippen LogP contribution >= 0.6 is 0 Å². The van der Waals surface area contributed by atoms with Gasteiger partial charge in [0.1, 0.15) is 18.0 Å². The summed E-state index contributed by atoms with van der Waals surface area (Å²) in [5.74, 6) is -1.62. The van der Waals surface area contributed by atoms with Crippen LogP contribution < -0.4 is 4.74 Å². The number of guanidine groups is 1. The van der Waals surface area contributed by atoms with E-state index < -0.39 is 23.8 Å². The Morgan fingerprint density at radius 1 is 1.00 bits per heavy atom. The molecular weight excluding hydrogens is 469 g/mol. The second-order valence-corrected chi connectivity index (χ2v) is 9.34. The molecule has 12 heteroatoms. The number of aliphatic imine (C=N–C) groups is 1. The van der Waals surface area contributed by atoms with Gasteiger partial charge in [-0.2, -0.15) is 18.2 Å². The Morgan fingerprint density at radius 2 is 1.66 bits per heavy atom. The van der Waals surface area contributed by atoms with Gasteiger partial charge in [-0.3, -0.25) is 4.79 Å². The van der Waals surface area contributed by atoms with Crippen molar-refractivity contribution in [3.05, 3.63) is 29.3 Å². The highest BCUT2D eigenvalue weighted by atomic mass is 19.4. The highest BCUT2D eigenvalue weighted by Gasteiger charge is 2.40. The highest BCUT2D eigenvalue weighted by Crippen LogP contribution is 2.26. The van der Waals surface area contributed by atoms with Gasteiger partial charge in [0.25, 0.3) is 0 Å². The third-order valence-electron chi connectivity index (χ3n) is 5.49. The molecule has 0 spiro atoms. The van der Waals surface area contributed by atoms with E-state index in [9.17, 15) is 22.8 Å². The maximum atomic E-state index is 13.1. The van der Waals surface area contributed by atoms with E-state index in [2.05, 4.69) is 4.99 Å². The largest absolute Gasteiger partial charge is 0.491 e. The Balaban J connectivity index is 1.76. The molecule has 0 aromatic heterocycles. The topological polar surface area (TPSA) is 94.9 Å². The van der Waals surface area contributed by atoms with Gasteiger partial charge in [0, 0.05) is 39.3 Å². The molecule has 2 aliphatic heterocycles. The second-order valence-electron chi connectivity index (χ2n) is 9.34. The third kappa shape index (κ3) is 7.23. The summed E-state index contributed by atoms with van der Waals surface area (Å²) in [6, 6.07) is 5.40. The lowest BCUT2D eigenvalue weighted by Gasteiger charge is -2.41. The number of halogens is 3. The number of piperazine rings is 1. The Morgan fingerprint density at radius 3 is 2.26 bits per heavy atom. The SMILES string of the molecule is CC(C)(C)OC(=O)N1CCN(/C(=N/C(=O)C(F)(F)F)N2CCc3cc(OCCO)ccc3C2)CC1. The maximum absolute atomic E-state index is 13.1. The molecule has 194 valence electrons. The van der Waals surface area contributed by atoms with Crippen LogP contribution in [-0.2, 0) is 22.5 Å². The molecule has 0 saturated carbocycles. The first-order valence-electron chi connectivity index (χ1n) is 11.4.